The lowest BCUT2D eigenvalue weighted by Crippen LogP contribution is -2.10. The zero-order valence-electron chi connectivity index (χ0n) is 24.6. The third-order valence-electron chi connectivity index (χ3n) is 9.07. The molecule has 0 amide bonds. The van der Waals surface area contributed by atoms with Gasteiger partial charge in [-0.1, -0.05) is 103 Å². The summed E-state index contributed by atoms with van der Waals surface area (Å²) in [5.74, 6) is 0. The molecule has 10 rings (SSSR count). The van der Waals surface area contributed by atoms with E-state index in [4.69, 9.17) is 4.42 Å². The molecule has 0 aliphatic rings. The monoisotopic (exact) mass is 623 g/mol. The van der Waals surface area contributed by atoms with Crippen LogP contribution in [0.5, 0.6) is 0 Å². The van der Waals surface area contributed by atoms with Gasteiger partial charge in [0, 0.05) is 58.2 Å². The number of fused-ring (bicyclic) bond motifs is 9. The van der Waals surface area contributed by atoms with Gasteiger partial charge in [-0.25, -0.2) is 0 Å². The van der Waals surface area contributed by atoms with Crippen LogP contribution in [-0.2, 0) is 0 Å². The lowest BCUT2D eigenvalue weighted by molar-refractivity contribution is 0.669. The van der Waals surface area contributed by atoms with Crippen molar-refractivity contribution < 1.29 is 4.42 Å². The van der Waals surface area contributed by atoms with E-state index in [1.165, 1.54) is 57.2 Å². The number of para-hydroxylation sites is 1. The van der Waals surface area contributed by atoms with Gasteiger partial charge in [0.1, 0.15) is 11.2 Å². The first-order valence-corrected chi connectivity index (χ1v) is 17.1. The molecular formula is C42H25NOS2. The Bertz CT molecular complexity index is 2770. The van der Waals surface area contributed by atoms with Gasteiger partial charge in [-0.3, -0.25) is 0 Å². The summed E-state index contributed by atoms with van der Waals surface area (Å²) in [5, 5.41) is 7.38. The first-order chi connectivity index (χ1) is 22.8. The summed E-state index contributed by atoms with van der Waals surface area (Å²) in [6.45, 7) is 0. The Balaban J connectivity index is 1.32. The van der Waals surface area contributed by atoms with E-state index in [-0.39, 0.29) is 0 Å². The van der Waals surface area contributed by atoms with Crippen molar-refractivity contribution in [2.45, 2.75) is 0 Å². The molecule has 3 aromatic heterocycles. The standard InChI is InChI=1S/C42H25NOS2/c1-2-11-26(12-3-1)28-23-24-34(40-33-15-6-9-20-39(33)46-42(28)40)43(27-21-22-30-29-13-4-7-18-36(29)44-37(30)25-27)35-17-10-16-32-31-14-5-8-19-38(31)45-41(32)35/h1-25H. The van der Waals surface area contributed by atoms with Crippen LogP contribution in [0, 0.1) is 0 Å². The number of thiophene rings is 2. The molecule has 4 heteroatoms. The minimum absolute atomic E-state index is 0.888. The molecule has 0 atom stereocenters. The summed E-state index contributed by atoms with van der Waals surface area (Å²) in [6.07, 6.45) is 0. The summed E-state index contributed by atoms with van der Waals surface area (Å²) < 4.78 is 11.6. The highest BCUT2D eigenvalue weighted by atomic mass is 32.1. The highest BCUT2D eigenvalue weighted by Crippen LogP contribution is 2.51. The van der Waals surface area contributed by atoms with Crippen LogP contribution in [0.1, 0.15) is 0 Å². The molecule has 2 nitrogen and oxygen atoms in total. The summed E-state index contributed by atoms with van der Waals surface area (Å²) in [4.78, 5) is 2.46. The molecule has 0 unspecified atom stereocenters. The fourth-order valence-corrected chi connectivity index (χ4v) is 9.48. The SMILES string of the molecule is c1ccc(-c2ccc(N(c3ccc4c(c3)oc3ccccc34)c3cccc4c3sc3ccccc34)c3c2sc2ccccc23)cc1. The highest BCUT2D eigenvalue weighted by Gasteiger charge is 2.24. The van der Waals surface area contributed by atoms with Gasteiger partial charge in [-0.05, 0) is 53.6 Å². The normalized spacial score (nSPS) is 11.9. The van der Waals surface area contributed by atoms with Gasteiger partial charge < -0.3 is 9.32 Å². The van der Waals surface area contributed by atoms with E-state index in [9.17, 15) is 0 Å². The summed E-state index contributed by atoms with van der Waals surface area (Å²) in [5.41, 5.74) is 7.68. The lowest BCUT2D eigenvalue weighted by atomic mass is 10.00. The third kappa shape index (κ3) is 3.81. The first kappa shape index (κ1) is 25.9. The highest BCUT2D eigenvalue weighted by molar-refractivity contribution is 7.27. The minimum atomic E-state index is 0.888. The molecule has 216 valence electrons. The predicted molar refractivity (Wildman–Crippen MR) is 200 cm³/mol. The van der Waals surface area contributed by atoms with Crippen LogP contribution in [0.4, 0.5) is 17.1 Å². The van der Waals surface area contributed by atoms with Crippen molar-refractivity contribution in [1.82, 2.24) is 0 Å². The van der Waals surface area contributed by atoms with Crippen molar-refractivity contribution in [3.63, 3.8) is 0 Å². The van der Waals surface area contributed by atoms with Crippen molar-refractivity contribution in [2.24, 2.45) is 0 Å². The summed E-state index contributed by atoms with van der Waals surface area (Å²) in [7, 11) is 0. The Kier molecular flexibility index (Phi) is 5.65. The Labute approximate surface area is 273 Å². The van der Waals surface area contributed by atoms with Gasteiger partial charge in [0.25, 0.3) is 0 Å². The van der Waals surface area contributed by atoms with Crippen LogP contribution in [0.3, 0.4) is 0 Å². The number of hydrogen-bond donors (Lipinski definition) is 0. The van der Waals surface area contributed by atoms with Crippen molar-refractivity contribution >= 4 is 102 Å². The molecule has 0 bridgehead atoms. The Hall–Kier alpha value is -5.42. The van der Waals surface area contributed by atoms with Gasteiger partial charge in [-0.15, -0.1) is 22.7 Å². The minimum Gasteiger partial charge on any atom is -0.456 e. The Morgan fingerprint density at radius 1 is 0.435 bits per heavy atom. The quantitative estimate of drug-likeness (QED) is 0.194. The van der Waals surface area contributed by atoms with Crippen LogP contribution in [0.15, 0.2) is 156 Å². The number of furan rings is 1. The zero-order valence-corrected chi connectivity index (χ0v) is 26.2. The largest absolute Gasteiger partial charge is 0.456 e. The summed E-state index contributed by atoms with van der Waals surface area (Å²) >= 11 is 3.74. The van der Waals surface area contributed by atoms with Gasteiger partial charge in [0.2, 0.25) is 0 Å². The molecule has 0 saturated heterocycles. The van der Waals surface area contributed by atoms with Crippen LogP contribution in [0.25, 0.3) is 73.4 Å². The molecular weight excluding hydrogens is 599 g/mol. The number of anilines is 3. The van der Waals surface area contributed by atoms with E-state index >= 15 is 0 Å². The third-order valence-corrected chi connectivity index (χ3v) is 11.5. The number of benzene rings is 7. The molecule has 7 aromatic carbocycles. The second kappa shape index (κ2) is 10.0. The number of hydrogen-bond acceptors (Lipinski definition) is 4. The fourth-order valence-electron chi connectivity index (χ4n) is 7.01. The molecule has 0 spiro atoms. The lowest BCUT2D eigenvalue weighted by Gasteiger charge is -2.27. The second-order valence-electron chi connectivity index (χ2n) is 11.7. The molecule has 0 saturated carbocycles. The van der Waals surface area contributed by atoms with E-state index in [0.29, 0.717) is 0 Å². The van der Waals surface area contributed by atoms with E-state index in [0.717, 1.165) is 33.3 Å². The molecule has 3 heterocycles. The van der Waals surface area contributed by atoms with Gasteiger partial charge in [0.05, 0.1) is 16.1 Å². The van der Waals surface area contributed by atoms with E-state index in [1.54, 1.807) is 0 Å². The van der Waals surface area contributed by atoms with Crippen LogP contribution in [0.2, 0.25) is 0 Å². The number of rotatable bonds is 4. The smallest absolute Gasteiger partial charge is 0.137 e. The molecule has 10 aromatic rings. The molecule has 0 aliphatic carbocycles. The van der Waals surface area contributed by atoms with Gasteiger partial charge >= 0.3 is 0 Å². The number of nitrogens with zero attached hydrogens (tertiary/aromatic N) is 1. The fraction of sp³-hybridized carbons (Fsp3) is 0. The average molecular weight is 624 g/mol. The maximum atomic E-state index is 6.45. The molecule has 0 radical (unpaired) electrons. The first-order valence-electron chi connectivity index (χ1n) is 15.4. The van der Waals surface area contributed by atoms with Crippen molar-refractivity contribution in [1.29, 1.82) is 0 Å². The maximum Gasteiger partial charge on any atom is 0.137 e. The second-order valence-corrected chi connectivity index (χ2v) is 13.8. The molecule has 0 fully saturated rings. The van der Waals surface area contributed by atoms with Crippen LogP contribution >= 0.6 is 22.7 Å². The maximum absolute atomic E-state index is 6.45. The van der Waals surface area contributed by atoms with Crippen LogP contribution < -0.4 is 4.90 Å². The average Bonchev–Trinajstić information content (AvgIpc) is 3.80. The Morgan fingerprint density at radius 2 is 1.11 bits per heavy atom. The topological polar surface area (TPSA) is 16.4 Å². The predicted octanol–water partition coefficient (Wildman–Crippen LogP) is 13.5. The molecule has 46 heavy (non-hydrogen) atoms. The van der Waals surface area contributed by atoms with E-state index in [1.807, 2.05) is 34.8 Å². The van der Waals surface area contributed by atoms with Gasteiger partial charge in [0.15, 0.2) is 0 Å². The van der Waals surface area contributed by atoms with Crippen LogP contribution in [-0.4, -0.2) is 0 Å². The van der Waals surface area contributed by atoms with E-state index in [2.05, 4.69) is 144 Å². The summed E-state index contributed by atoms with van der Waals surface area (Å²) in [6, 6.07) is 54.6. The Morgan fingerprint density at radius 3 is 1.98 bits per heavy atom. The zero-order chi connectivity index (χ0) is 30.2. The van der Waals surface area contributed by atoms with Crippen molar-refractivity contribution in [3.05, 3.63) is 152 Å². The molecule has 0 N–H and O–H groups in total. The van der Waals surface area contributed by atoms with Crippen molar-refractivity contribution in [3.8, 4) is 11.1 Å². The molecule has 0 aliphatic heterocycles. The van der Waals surface area contributed by atoms with Crippen molar-refractivity contribution in [2.75, 3.05) is 4.90 Å². The van der Waals surface area contributed by atoms with E-state index < -0.39 is 0 Å². The van der Waals surface area contributed by atoms with Gasteiger partial charge in [-0.2, -0.15) is 0 Å².